The smallest absolute Gasteiger partial charge is 0.229 e. The fourth-order valence-electron chi connectivity index (χ4n) is 4.97. The van der Waals surface area contributed by atoms with Crippen molar-refractivity contribution < 1.29 is 17.9 Å². The number of nitrogens with zero attached hydrogens (tertiary/aromatic N) is 4. The Balaban J connectivity index is 1.28. The molecule has 2 saturated heterocycles. The molecule has 0 spiro atoms. The molecular weight excluding hydrogens is 452 g/mol. The second kappa shape index (κ2) is 9.31. The zero-order chi connectivity index (χ0) is 23.7. The number of piperidine rings is 1. The summed E-state index contributed by atoms with van der Waals surface area (Å²) in [7, 11) is -3.40. The van der Waals surface area contributed by atoms with Crippen LogP contribution < -0.4 is 9.47 Å². The fourth-order valence-corrected chi connectivity index (χ4v) is 7.03. The first kappa shape index (κ1) is 22.7. The molecule has 0 N–H and O–H groups in total. The molecule has 2 fully saturated rings. The van der Waals surface area contributed by atoms with Gasteiger partial charge in [0.25, 0.3) is 0 Å². The molecule has 2 aliphatic rings. The number of aryl methyl sites for hydroxylation is 1. The molecule has 34 heavy (non-hydrogen) atoms. The first-order chi connectivity index (χ1) is 16.4. The summed E-state index contributed by atoms with van der Waals surface area (Å²) in [5.74, 6) is 1.56. The summed E-state index contributed by atoms with van der Waals surface area (Å²) in [6.45, 7) is 3.74. The first-order valence-electron chi connectivity index (χ1n) is 11.5. The minimum absolute atomic E-state index is 0.0336. The SMILES string of the molecule is Cc1ncccc1Oc1ncnc(OC2C[C@@H]3CC[C@@H](C2)N3S(=O)(=O)Cc2ccccc2)c1C. The Morgan fingerprint density at radius 2 is 1.65 bits per heavy atom. The zero-order valence-electron chi connectivity index (χ0n) is 19.3. The Morgan fingerprint density at radius 1 is 0.941 bits per heavy atom. The number of benzene rings is 1. The highest BCUT2D eigenvalue weighted by Gasteiger charge is 2.47. The molecule has 8 nitrogen and oxygen atoms in total. The summed E-state index contributed by atoms with van der Waals surface area (Å²) in [6.07, 6.45) is 6.04. The van der Waals surface area contributed by atoms with Crippen molar-refractivity contribution >= 4 is 10.0 Å². The largest absolute Gasteiger partial charge is 0.474 e. The van der Waals surface area contributed by atoms with E-state index < -0.39 is 10.0 Å². The third-order valence-corrected chi connectivity index (χ3v) is 8.51. The van der Waals surface area contributed by atoms with Gasteiger partial charge < -0.3 is 9.47 Å². The van der Waals surface area contributed by atoms with Gasteiger partial charge in [-0.05, 0) is 44.4 Å². The number of rotatable bonds is 7. The van der Waals surface area contributed by atoms with Crippen LogP contribution in [-0.2, 0) is 15.8 Å². The molecule has 3 aromatic rings. The minimum Gasteiger partial charge on any atom is -0.474 e. The molecule has 0 saturated carbocycles. The van der Waals surface area contributed by atoms with Crippen LogP contribution in [-0.4, -0.2) is 45.9 Å². The predicted octanol–water partition coefficient (Wildman–Crippen LogP) is 4.18. The van der Waals surface area contributed by atoms with Gasteiger partial charge in [0.05, 0.1) is 17.0 Å². The van der Waals surface area contributed by atoms with E-state index in [4.69, 9.17) is 9.47 Å². The van der Waals surface area contributed by atoms with E-state index in [0.29, 0.717) is 35.9 Å². The molecule has 2 atom stereocenters. The second-order valence-electron chi connectivity index (χ2n) is 8.97. The molecular formula is C25H28N4O4S. The number of aromatic nitrogens is 3. The Hall–Kier alpha value is -3.04. The molecule has 2 aromatic heterocycles. The van der Waals surface area contributed by atoms with Crippen molar-refractivity contribution in [2.75, 3.05) is 0 Å². The van der Waals surface area contributed by atoms with Crippen molar-refractivity contribution in [3.63, 3.8) is 0 Å². The van der Waals surface area contributed by atoms with Crippen LogP contribution in [0.5, 0.6) is 17.5 Å². The average molecular weight is 481 g/mol. The molecule has 1 aromatic carbocycles. The molecule has 0 radical (unpaired) electrons. The Kier molecular flexibility index (Phi) is 6.22. The quantitative estimate of drug-likeness (QED) is 0.500. The molecule has 0 amide bonds. The van der Waals surface area contributed by atoms with Crippen LogP contribution in [0.15, 0.2) is 55.0 Å². The molecule has 4 heterocycles. The summed E-state index contributed by atoms with van der Waals surface area (Å²) in [4.78, 5) is 12.8. The normalized spacial score (nSPS) is 22.5. The van der Waals surface area contributed by atoms with Crippen molar-refractivity contribution in [2.45, 2.75) is 63.5 Å². The number of hydrogen-bond donors (Lipinski definition) is 0. The average Bonchev–Trinajstić information content (AvgIpc) is 3.10. The van der Waals surface area contributed by atoms with E-state index in [1.54, 1.807) is 10.5 Å². The molecule has 9 heteroatoms. The fraction of sp³-hybridized carbons (Fsp3) is 0.400. The summed E-state index contributed by atoms with van der Waals surface area (Å²) >= 11 is 0. The summed E-state index contributed by atoms with van der Waals surface area (Å²) < 4.78 is 40.4. The van der Waals surface area contributed by atoms with Crippen LogP contribution in [0.2, 0.25) is 0 Å². The van der Waals surface area contributed by atoms with E-state index in [-0.39, 0.29) is 23.9 Å². The summed E-state index contributed by atoms with van der Waals surface area (Å²) in [5, 5.41) is 0. The molecule has 2 aliphatic heterocycles. The number of sulfonamides is 1. The highest BCUT2D eigenvalue weighted by molar-refractivity contribution is 7.88. The van der Waals surface area contributed by atoms with Crippen LogP contribution in [0.3, 0.4) is 0 Å². The maximum Gasteiger partial charge on any atom is 0.229 e. The highest BCUT2D eigenvalue weighted by Crippen LogP contribution is 2.40. The molecule has 178 valence electrons. The topological polar surface area (TPSA) is 94.5 Å². The van der Waals surface area contributed by atoms with Gasteiger partial charge in [-0.3, -0.25) is 4.98 Å². The van der Waals surface area contributed by atoms with Crippen molar-refractivity contribution in [2.24, 2.45) is 0 Å². The van der Waals surface area contributed by atoms with Gasteiger partial charge in [-0.25, -0.2) is 18.4 Å². The Labute approximate surface area is 200 Å². The van der Waals surface area contributed by atoms with E-state index in [0.717, 1.165) is 24.1 Å². The lowest BCUT2D eigenvalue weighted by Gasteiger charge is -2.37. The predicted molar refractivity (Wildman–Crippen MR) is 127 cm³/mol. The number of pyridine rings is 1. The number of hydrogen-bond acceptors (Lipinski definition) is 7. The van der Waals surface area contributed by atoms with Crippen molar-refractivity contribution in [1.29, 1.82) is 0 Å². The molecule has 2 bridgehead atoms. The van der Waals surface area contributed by atoms with Gasteiger partial charge in [-0.1, -0.05) is 30.3 Å². The van der Waals surface area contributed by atoms with Crippen LogP contribution >= 0.6 is 0 Å². The lowest BCUT2D eigenvalue weighted by molar-refractivity contribution is 0.0907. The zero-order valence-corrected chi connectivity index (χ0v) is 20.1. The van der Waals surface area contributed by atoms with Gasteiger partial charge in [0.15, 0.2) is 5.75 Å². The van der Waals surface area contributed by atoms with Crippen LogP contribution in [0.4, 0.5) is 0 Å². The summed E-state index contributed by atoms with van der Waals surface area (Å²) in [6, 6.07) is 12.9. The third kappa shape index (κ3) is 4.63. The van der Waals surface area contributed by atoms with Gasteiger partial charge in [0, 0.05) is 31.1 Å². The van der Waals surface area contributed by atoms with Crippen LogP contribution in [0.1, 0.15) is 42.5 Å². The Morgan fingerprint density at radius 3 is 2.35 bits per heavy atom. The third-order valence-electron chi connectivity index (χ3n) is 6.57. The van der Waals surface area contributed by atoms with Crippen molar-refractivity contribution in [3.8, 4) is 17.5 Å². The van der Waals surface area contributed by atoms with Crippen molar-refractivity contribution in [1.82, 2.24) is 19.3 Å². The molecule has 0 unspecified atom stereocenters. The van der Waals surface area contributed by atoms with Crippen molar-refractivity contribution in [3.05, 3.63) is 71.8 Å². The lowest BCUT2D eigenvalue weighted by Crippen LogP contribution is -2.49. The van der Waals surface area contributed by atoms with E-state index in [1.165, 1.54) is 6.33 Å². The molecule has 0 aliphatic carbocycles. The van der Waals surface area contributed by atoms with E-state index in [1.807, 2.05) is 56.3 Å². The van der Waals surface area contributed by atoms with Gasteiger partial charge in [-0.15, -0.1) is 0 Å². The lowest BCUT2D eigenvalue weighted by atomic mass is 10.0. The number of fused-ring (bicyclic) bond motifs is 2. The van der Waals surface area contributed by atoms with Gasteiger partial charge in [0.1, 0.15) is 12.4 Å². The van der Waals surface area contributed by atoms with Crippen LogP contribution in [0, 0.1) is 13.8 Å². The highest BCUT2D eigenvalue weighted by atomic mass is 32.2. The number of ether oxygens (including phenoxy) is 2. The van der Waals surface area contributed by atoms with Gasteiger partial charge >= 0.3 is 0 Å². The first-order valence-corrected chi connectivity index (χ1v) is 13.1. The monoisotopic (exact) mass is 480 g/mol. The van der Waals surface area contributed by atoms with Crippen LogP contribution in [0.25, 0.3) is 0 Å². The Bertz CT molecular complexity index is 1250. The maximum atomic E-state index is 13.2. The standard InChI is InChI=1S/C25H28N4O4S/c1-17-24(27-16-28-25(17)33-23-9-6-12-26-18(23)2)32-22-13-20-10-11-21(14-22)29(20)34(30,31)15-19-7-4-3-5-8-19/h3-9,12,16,20-22H,10-11,13-15H2,1-2H3/t20-,21-/m0/s1. The minimum atomic E-state index is -3.40. The summed E-state index contributed by atoms with van der Waals surface area (Å²) in [5.41, 5.74) is 2.29. The van der Waals surface area contributed by atoms with Gasteiger partial charge in [0.2, 0.25) is 21.8 Å². The van der Waals surface area contributed by atoms with E-state index in [9.17, 15) is 8.42 Å². The molecule has 5 rings (SSSR count). The maximum absolute atomic E-state index is 13.2. The van der Waals surface area contributed by atoms with E-state index in [2.05, 4.69) is 15.0 Å². The van der Waals surface area contributed by atoms with E-state index >= 15 is 0 Å². The second-order valence-corrected chi connectivity index (χ2v) is 10.8. The van der Waals surface area contributed by atoms with Gasteiger partial charge in [-0.2, -0.15) is 4.31 Å².